The fourth-order valence-corrected chi connectivity index (χ4v) is 3.32. The van der Waals surface area contributed by atoms with Crippen LogP contribution in [0.1, 0.15) is 29.8 Å². The summed E-state index contributed by atoms with van der Waals surface area (Å²) < 4.78 is 15.4. The third kappa shape index (κ3) is 3.74. The molecule has 1 aromatic carbocycles. The van der Waals surface area contributed by atoms with E-state index in [4.69, 9.17) is 0 Å². The Bertz CT molecular complexity index is 627. The van der Waals surface area contributed by atoms with E-state index in [9.17, 15) is 4.39 Å². The molecule has 1 aliphatic heterocycles. The molecule has 118 valence electrons. The standard InChI is InChI=1S/C18H24FN3/c1-14-10-15(2)22(20-14)13-16-6-8-21(9-7-16)12-17-4-3-5-18(19)11-17/h3-5,10-11,16H,6-9,12-13H2,1-2H3. The number of likely N-dealkylation sites (tertiary alicyclic amines) is 1. The lowest BCUT2D eigenvalue weighted by atomic mass is 9.96. The van der Waals surface area contributed by atoms with Crippen LogP contribution in [0, 0.1) is 25.6 Å². The Morgan fingerprint density at radius 2 is 1.95 bits per heavy atom. The molecule has 0 spiro atoms. The van der Waals surface area contributed by atoms with E-state index in [1.165, 1.54) is 24.6 Å². The lowest BCUT2D eigenvalue weighted by Crippen LogP contribution is -2.34. The van der Waals surface area contributed by atoms with Gasteiger partial charge in [-0.3, -0.25) is 9.58 Å². The third-order valence-electron chi connectivity index (χ3n) is 4.54. The molecule has 4 heteroatoms. The summed E-state index contributed by atoms with van der Waals surface area (Å²) in [6.45, 7) is 8.21. The van der Waals surface area contributed by atoms with E-state index in [1.54, 1.807) is 12.1 Å². The SMILES string of the molecule is Cc1cc(C)n(CC2CCN(Cc3cccc(F)c3)CC2)n1. The van der Waals surface area contributed by atoms with Crippen molar-refractivity contribution in [2.75, 3.05) is 13.1 Å². The van der Waals surface area contributed by atoms with E-state index in [1.807, 2.05) is 13.0 Å². The maximum absolute atomic E-state index is 13.2. The molecule has 3 nitrogen and oxygen atoms in total. The zero-order valence-corrected chi connectivity index (χ0v) is 13.4. The maximum Gasteiger partial charge on any atom is 0.123 e. The van der Waals surface area contributed by atoms with Crippen LogP contribution >= 0.6 is 0 Å². The molecule has 1 fully saturated rings. The summed E-state index contributed by atoms with van der Waals surface area (Å²) in [5.41, 5.74) is 3.41. The van der Waals surface area contributed by atoms with Crippen LogP contribution in [0.5, 0.6) is 0 Å². The highest BCUT2D eigenvalue weighted by molar-refractivity contribution is 5.16. The number of aryl methyl sites for hydroxylation is 2. The summed E-state index contributed by atoms with van der Waals surface area (Å²) in [5.74, 6) is 0.554. The average Bonchev–Trinajstić information content (AvgIpc) is 2.79. The van der Waals surface area contributed by atoms with Crippen molar-refractivity contribution in [3.05, 3.63) is 53.1 Å². The molecule has 0 radical (unpaired) electrons. The van der Waals surface area contributed by atoms with Crippen LogP contribution in [-0.4, -0.2) is 27.8 Å². The fourth-order valence-electron chi connectivity index (χ4n) is 3.32. The van der Waals surface area contributed by atoms with Gasteiger partial charge in [0.2, 0.25) is 0 Å². The first kappa shape index (κ1) is 15.2. The molecule has 0 saturated carbocycles. The largest absolute Gasteiger partial charge is 0.299 e. The Labute approximate surface area is 131 Å². The number of hydrogen-bond acceptors (Lipinski definition) is 2. The molecule has 0 bridgehead atoms. The molecule has 2 aromatic rings. The van der Waals surface area contributed by atoms with Crippen molar-refractivity contribution in [1.82, 2.24) is 14.7 Å². The average molecular weight is 301 g/mol. The van der Waals surface area contributed by atoms with Crippen LogP contribution in [0.2, 0.25) is 0 Å². The number of nitrogens with zero attached hydrogens (tertiary/aromatic N) is 3. The molecule has 2 heterocycles. The van der Waals surface area contributed by atoms with Gasteiger partial charge in [0, 0.05) is 18.8 Å². The normalized spacial score (nSPS) is 17.0. The van der Waals surface area contributed by atoms with Gasteiger partial charge in [-0.15, -0.1) is 0 Å². The summed E-state index contributed by atoms with van der Waals surface area (Å²) >= 11 is 0. The van der Waals surface area contributed by atoms with Crippen molar-refractivity contribution in [3.8, 4) is 0 Å². The summed E-state index contributed by atoms with van der Waals surface area (Å²) in [6, 6.07) is 9.08. The van der Waals surface area contributed by atoms with E-state index < -0.39 is 0 Å². The predicted octanol–water partition coefficient (Wildman–Crippen LogP) is 3.55. The molecule has 1 saturated heterocycles. The van der Waals surface area contributed by atoms with Gasteiger partial charge in [-0.25, -0.2) is 4.39 Å². The van der Waals surface area contributed by atoms with E-state index in [0.29, 0.717) is 5.92 Å². The minimum absolute atomic E-state index is 0.142. The van der Waals surface area contributed by atoms with Crippen molar-refractivity contribution in [3.63, 3.8) is 0 Å². The Morgan fingerprint density at radius 1 is 1.18 bits per heavy atom. The lowest BCUT2D eigenvalue weighted by molar-refractivity contribution is 0.164. The lowest BCUT2D eigenvalue weighted by Gasteiger charge is -2.32. The highest BCUT2D eigenvalue weighted by Gasteiger charge is 2.20. The van der Waals surface area contributed by atoms with E-state index in [0.717, 1.165) is 37.4 Å². The quantitative estimate of drug-likeness (QED) is 0.861. The second-order valence-corrected chi connectivity index (χ2v) is 6.46. The molecule has 1 aromatic heterocycles. The zero-order valence-electron chi connectivity index (χ0n) is 13.4. The van der Waals surface area contributed by atoms with Gasteiger partial charge in [-0.2, -0.15) is 5.10 Å². The Morgan fingerprint density at radius 3 is 2.59 bits per heavy atom. The van der Waals surface area contributed by atoms with Crippen molar-refractivity contribution >= 4 is 0 Å². The Hall–Kier alpha value is -1.68. The van der Waals surface area contributed by atoms with Crippen LogP contribution in [0.3, 0.4) is 0 Å². The van der Waals surface area contributed by atoms with Gasteiger partial charge in [-0.1, -0.05) is 12.1 Å². The van der Waals surface area contributed by atoms with E-state index >= 15 is 0 Å². The highest BCUT2D eigenvalue weighted by atomic mass is 19.1. The molecular weight excluding hydrogens is 277 g/mol. The Balaban J connectivity index is 1.51. The number of piperidine rings is 1. The molecule has 1 aliphatic rings. The van der Waals surface area contributed by atoms with Gasteiger partial charge in [0.1, 0.15) is 5.82 Å². The van der Waals surface area contributed by atoms with Crippen molar-refractivity contribution in [2.24, 2.45) is 5.92 Å². The van der Waals surface area contributed by atoms with Gasteiger partial charge >= 0.3 is 0 Å². The summed E-state index contributed by atoms with van der Waals surface area (Å²) in [5, 5.41) is 4.56. The van der Waals surface area contributed by atoms with Crippen LogP contribution in [0.4, 0.5) is 4.39 Å². The first-order chi connectivity index (χ1) is 10.6. The molecule has 0 amide bonds. The van der Waals surface area contributed by atoms with Gasteiger partial charge in [0.25, 0.3) is 0 Å². The van der Waals surface area contributed by atoms with Gasteiger partial charge in [0.15, 0.2) is 0 Å². The minimum atomic E-state index is -0.142. The molecule has 0 atom stereocenters. The number of aromatic nitrogens is 2. The third-order valence-corrected chi connectivity index (χ3v) is 4.54. The number of hydrogen-bond donors (Lipinski definition) is 0. The molecule has 3 rings (SSSR count). The second-order valence-electron chi connectivity index (χ2n) is 6.46. The topological polar surface area (TPSA) is 21.1 Å². The predicted molar refractivity (Wildman–Crippen MR) is 86.1 cm³/mol. The maximum atomic E-state index is 13.2. The van der Waals surface area contributed by atoms with Gasteiger partial charge in [-0.05, 0) is 69.5 Å². The first-order valence-electron chi connectivity index (χ1n) is 8.08. The summed E-state index contributed by atoms with van der Waals surface area (Å²) in [6.07, 6.45) is 2.38. The summed E-state index contributed by atoms with van der Waals surface area (Å²) in [7, 11) is 0. The van der Waals surface area contributed by atoms with Crippen molar-refractivity contribution < 1.29 is 4.39 Å². The number of halogens is 1. The molecule has 22 heavy (non-hydrogen) atoms. The van der Waals surface area contributed by atoms with Crippen LogP contribution in [-0.2, 0) is 13.1 Å². The van der Waals surface area contributed by atoms with E-state index in [2.05, 4.69) is 27.7 Å². The minimum Gasteiger partial charge on any atom is -0.299 e. The van der Waals surface area contributed by atoms with Crippen molar-refractivity contribution in [2.45, 2.75) is 39.8 Å². The van der Waals surface area contributed by atoms with Crippen molar-refractivity contribution in [1.29, 1.82) is 0 Å². The van der Waals surface area contributed by atoms with Gasteiger partial charge < -0.3 is 0 Å². The number of rotatable bonds is 4. The molecule has 0 aliphatic carbocycles. The molecular formula is C18H24FN3. The van der Waals surface area contributed by atoms with E-state index in [-0.39, 0.29) is 5.82 Å². The zero-order chi connectivity index (χ0) is 15.5. The molecule has 0 unspecified atom stereocenters. The highest BCUT2D eigenvalue weighted by Crippen LogP contribution is 2.21. The first-order valence-corrected chi connectivity index (χ1v) is 8.08. The van der Waals surface area contributed by atoms with Crippen LogP contribution in [0.15, 0.2) is 30.3 Å². The second kappa shape index (κ2) is 6.61. The van der Waals surface area contributed by atoms with Gasteiger partial charge in [0.05, 0.1) is 5.69 Å². The summed E-state index contributed by atoms with van der Waals surface area (Å²) in [4.78, 5) is 2.42. The fraction of sp³-hybridized carbons (Fsp3) is 0.500. The van der Waals surface area contributed by atoms with Crippen LogP contribution < -0.4 is 0 Å². The molecule has 0 N–H and O–H groups in total. The monoisotopic (exact) mass is 301 g/mol. The smallest absolute Gasteiger partial charge is 0.123 e. The number of benzene rings is 1. The van der Waals surface area contributed by atoms with Crippen LogP contribution in [0.25, 0.3) is 0 Å². The Kier molecular flexibility index (Phi) is 4.57.